The molecule has 0 amide bonds. The third-order valence-electron chi connectivity index (χ3n) is 4.64. The molecule has 0 radical (unpaired) electrons. The average Bonchev–Trinajstić information content (AvgIpc) is 3.16. The number of rotatable bonds is 10. The van der Waals surface area contributed by atoms with Crippen LogP contribution < -0.4 is 10.6 Å². The first-order valence-corrected chi connectivity index (χ1v) is 10.9. The molecule has 0 saturated carbocycles. The Bertz CT molecular complexity index is 903. The highest BCUT2D eigenvalue weighted by atomic mass is 32.1. The fraction of sp³-hybridized carbons (Fsp3) is 0.409. The van der Waals surface area contributed by atoms with Crippen LogP contribution in [0.25, 0.3) is 10.7 Å². The number of nitrogens with zero attached hydrogens (tertiary/aromatic N) is 4. The van der Waals surface area contributed by atoms with Crippen LogP contribution in [0.2, 0.25) is 0 Å². The Kier molecular flexibility index (Phi) is 7.69. The summed E-state index contributed by atoms with van der Waals surface area (Å²) in [5.74, 6) is 0.586. The summed E-state index contributed by atoms with van der Waals surface area (Å²) in [4.78, 5) is 17.1. The molecule has 6 nitrogen and oxygen atoms in total. The van der Waals surface area contributed by atoms with Gasteiger partial charge in [0.25, 0.3) is 0 Å². The van der Waals surface area contributed by atoms with Crippen LogP contribution in [0, 0.1) is 13.8 Å². The van der Waals surface area contributed by atoms with Crippen LogP contribution in [0.3, 0.4) is 0 Å². The molecule has 0 fully saturated rings. The van der Waals surface area contributed by atoms with Gasteiger partial charge in [-0.25, -0.2) is 15.0 Å². The van der Waals surface area contributed by atoms with Gasteiger partial charge in [-0.3, -0.25) is 0 Å². The fourth-order valence-electron chi connectivity index (χ4n) is 3.07. The van der Waals surface area contributed by atoms with E-state index in [1.54, 1.807) is 17.5 Å². The number of thiazole rings is 1. The van der Waals surface area contributed by atoms with Crippen molar-refractivity contribution in [3.05, 3.63) is 52.7 Å². The molecule has 154 valence electrons. The molecule has 0 unspecified atom stereocenters. The van der Waals surface area contributed by atoms with E-state index in [2.05, 4.69) is 76.5 Å². The Morgan fingerprint density at radius 2 is 1.90 bits per heavy atom. The van der Waals surface area contributed by atoms with Gasteiger partial charge >= 0.3 is 0 Å². The van der Waals surface area contributed by atoms with Crippen LogP contribution in [-0.2, 0) is 6.54 Å². The molecule has 1 aromatic carbocycles. The van der Waals surface area contributed by atoms with E-state index in [1.165, 1.54) is 16.0 Å². The Labute approximate surface area is 177 Å². The number of nitrogens with one attached hydrogen (secondary N) is 2. The minimum Gasteiger partial charge on any atom is -0.324 e. The number of aromatic nitrogens is 3. The number of anilines is 2. The fourth-order valence-corrected chi connectivity index (χ4v) is 3.92. The van der Waals surface area contributed by atoms with Crippen LogP contribution in [0.15, 0.2) is 36.7 Å². The molecule has 2 heterocycles. The van der Waals surface area contributed by atoms with E-state index in [1.807, 2.05) is 12.3 Å². The summed E-state index contributed by atoms with van der Waals surface area (Å²) in [5, 5.41) is 7.72. The van der Waals surface area contributed by atoms with E-state index in [0.29, 0.717) is 5.95 Å². The van der Waals surface area contributed by atoms with Crippen molar-refractivity contribution in [2.75, 3.05) is 32.0 Å². The van der Waals surface area contributed by atoms with Crippen molar-refractivity contribution in [1.29, 1.82) is 0 Å². The lowest BCUT2D eigenvalue weighted by atomic mass is 10.1. The van der Waals surface area contributed by atoms with Crippen molar-refractivity contribution in [2.24, 2.45) is 0 Å². The SMILES string of the molecule is CCN(C)CCCNCc1cnc(-c2ccnc(Nc3cc(C)cc(C)c3)n2)s1. The zero-order chi connectivity index (χ0) is 20.6. The van der Waals surface area contributed by atoms with Crippen LogP contribution in [-0.4, -0.2) is 46.5 Å². The monoisotopic (exact) mass is 410 g/mol. The second-order valence-electron chi connectivity index (χ2n) is 7.32. The maximum Gasteiger partial charge on any atom is 0.227 e. The van der Waals surface area contributed by atoms with E-state index in [0.717, 1.165) is 49.0 Å². The lowest BCUT2D eigenvalue weighted by Crippen LogP contribution is -2.23. The van der Waals surface area contributed by atoms with Crippen LogP contribution >= 0.6 is 11.3 Å². The van der Waals surface area contributed by atoms with Gasteiger partial charge in [0, 0.05) is 29.5 Å². The van der Waals surface area contributed by atoms with E-state index in [-0.39, 0.29) is 0 Å². The van der Waals surface area contributed by atoms with Crippen molar-refractivity contribution in [3.63, 3.8) is 0 Å². The molecule has 29 heavy (non-hydrogen) atoms. The minimum absolute atomic E-state index is 0.586. The molecule has 7 heteroatoms. The molecular formula is C22H30N6S. The van der Waals surface area contributed by atoms with Crippen LogP contribution in [0.1, 0.15) is 29.3 Å². The highest BCUT2D eigenvalue weighted by Gasteiger charge is 2.08. The normalized spacial score (nSPS) is 11.2. The Balaban J connectivity index is 1.58. The lowest BCUT2D eigenvalue weighted by Gasteiger charge is -2.13. The lowest BCUT2D eigenvalue weighted by molar-refractivity contribution is 0.344. The molecule has 0 bridgehead atoms. The summed E-state index contributed by atoms with van der Waals surface area (Å²) in [7, 11) is 2.15. The second kappa shape index (κ2) is 10.4. The number of hydrogen-bond acceptors (Lipinski definition) is 7. The van der Waals surface area contributed by atoms with Crippen LogP contribution in [0.5, 0.6) is 0 Å². The molecule has 0 aliphatic rings. The predicted octanol–water partition coefficient (Wildman–Crippen LogP) is 4.39. The highest BCUT2D eigenvalue weighted by Crippen LogP contribution is 2.25. The molecule has 0 saturated heterocycles. The topological polar surface area (TPSA) is 66.0 Å². The van der Waals surface area contributed by atoms with Gasteiger partial charge in [0.05, 0.1) is 0 Å². The average molecular weight is 411 g/mol. The van der Waals surface area contributed by atoms with Gasteiger partial charge < -0.3 is 15.5 Å². The van der Waals surface area contributed by atoms with Crippen molar-refractivity contribution in [3.8, 4) is 10.7 Å². The Morgan fingerprint density at radius 3 is 2.66 bits per heavy atom. The van der Waals surface area contributed by atoms with Gasteiger partial charge in [-0.05, 0) is 76.3 Å². The van der Waals surface area contributed by atoms with E-state index in [9.17, 15) is 0 Å². The smallest absolute Gasteiger partial charge is 0.227 e. The summed E-state index contributed by atoms with van der Waals surface area (Å²) in [6.45, 7) is 10.4. The van der Waals surface area contributed by atoms with Crippen molar-refractivity contribution in [1.82, 2.24) is 25.2 Å². The molecule has 2 N–H and O–H groups in total. The van der Waals surface area contributed by atoms with Gasteiger partial charge in [0.1, 0.15) is 10.7 Å². The zero-order valence-electron chi connectivity index (χ0n) is 17.7. The Hall–Kier alpha value is -2.35. The molecule has 0 aliphatic carbocycles. The number of hydrogen-bond donors (Lipinski definition) is 2. The third kappa shape index (κ3) is 6.59. The second-order valence-corrected chi connectivity index (χ2v) is 8.44. The first-order chi connectivity index (χ1) is 14.0. The summed E-state index contributed by atoms with van der Waals surface area (Å²) in [6.07, 6.45) is 4.86. The van der Waals surface area contributed by atoms with Gasteiger partial charge in [-0.15, -0.1) is 11.3 Å². The third-order valence-corrected chi connectivity index (χ3v) is 5.66. The Morgan fingerprint density at radius 1 is 1.10 bits per heavy atom. The van der Waals surface area contributed by atoms with E-state index < -0.39 is 0 Å². The minimum atomic E-state index is 0.586. The molecule has 0 spiro atoms. The van der Waals surface area contributed by atoms with Gasteiger partial charge in [0.2, 0.25) is 5.95 Å². The van der Waals surface area contributed by atoms with Gasteiger partial charge in [-0.1, -0.05) is 13.0 Å². The zero-order valence-corrected chi connectivity index (χ0v) is 18.5. The largest absolute Gasteiger partial charge is 0.324 e. The van der Waals surface area contributed by atoms with Gasteiger partial charge in [-0.2, -0.15) is 0 Å². The van der Waals surface area contributed by atoms with E-state index in [4.69, 9.17) is 0 Å². The summed E-state index contributed by atoms with van der Waals surface area (Å²) < 4.78 is 0. The highest BCUT2D eigenvalue weighted by molar-refractivity contribution is 7.14. The maximum absolute atomic E-state index is 4.65. The molecule has 0 atom stereocenters. The first-order valence-electron chi connectivity index (χ1n) is 10.1. The number of benzene rings is 1. The maximum atomic E-state index is 4.65. The summed E-state index contributed by atoms with van der Waals surface area (Å²) in [6, 6.07) is 8.24. The van der Waals surface area contributed by atoms with Crippen molar-refractivity contribution in [2.45, 2.75) is 33.7 Å². The van der Waals surface area contributed by atoms with Crippen LogP contribution in [0.4, 0.5) is 11.6 Å². The quantitative estimate of drug-likeness (QED) is 0.483. The molecular weight excluding hydrogens is 380 g/mol. The van der Waals surface area contributed by atoms with Crippen molar-refractivity contribution >= 4 is 23.0 Å². The summed E-state index contributed by atoms with van der Waals surface area (Å²) in [5.41, 5.74) is 4.26. The predicted molar refractivity (Wildman–Crippen MR) is 122 cm³/mol. The van der Waals surface area contributed by atoms with E-state index >= 15 is 0 Å². The first kappa shape index (κ1) is 21.4. The van der Waals surface area contributed by atoms with Crippen molar-refractivity contribution < 1.29 is 0 Å². The molecule has 0 aliphatic heterocycles. The molecule has 2 aromatic heterocycles. The van der Waals surface area contributed by atoms with Gasteiger partial charge in [0.15, 0.2) is 0 Å². The molecule has 3 rings (SSSR count). The summed E-state index contributed by atoms with van der Waals surface area (Å²) >= 11 is 1.67. The molecule has 3 aromatic rings. The number of aryl methyl sites for hydroxylation is 2. The standard InChI is InChI=1S/C22H30N6S/c1-5-28(4)10-6-8-23-14-19-15-25-21(29-19)20-7-9-24-22(27-20)26-18-12-16(2)11-17(3)13-18/h7,9,11-13,15,23H,5-6,8,10,14H2,1-4H3,(H,24,26,27).